The molecule has 0 N–H and O–H groups in total. The fraction of sp³-hybridized carbons (Fsp3) is 0.0500. The molecule has 0 radical (unpaired) electrons. The Morgan fingerprint density at radius 3 is 2.12 bits per heavy atom. The predicted molar refractivity (Wildman–Crippen MR) is 110 cm³/mol. The number of halogens is 4. The predicted octanol–water partition coefficient (Wildman–Crippen LogP) is 6.72. The molecular weight excluding hydrogens is 455 g/mol. The van der Waals surface area contributed by atoms with Crippen LogP contribution in [0, 0.1) is 20.2 Å². The van der Waals surface area contributed by atoms with Crippen LogP contribution in [0.15, 0.2) is 65.7 Å². The molecule has 0 heterocycles. The Bertz CT molecular complexity index is 1210. The standard InChI is InChI=1S/C20H11ClF3N3O5/c21-16-9-12(11-25-14-3-5-15(6-4-14)26(28)29)1-7-18(16)32-19-8-2-13(20(22,23)24)10-17(19)27(30)31/h1-11H. The van der Waals surface area contributed by atoms with Crippen LogP contribution in [-0.2, 0) is 6.18 Å². The third kappa shape index (κ3) is 5.38. The summed E-state index contributed by atoms with van der Waals surface area (Å²) in [6.45, 7) is 0. The summed E-state index contributed by atoms with van der Waals surface area (Å²) in [4.78, 5) is 24.5. The highest BCUT2D eigenvalue weighted by molar-refractivity contribution is 6.32. The van der Waals surface area contributed by atoms with Crippen molar-refractivity contribution in [1.29, 1.82) is 0 Å². The van der Waals surface area contributed by atoms with E-state index in [-0.39, 0.29) is 16.5 Å². The van der Waals surface area contributed by atoms with Gasteiger partial charge < -0.3 is 4.74 Å². The monoisotopic (exact) mass is 465 g/mol. The van der Waals surface area contributed by atoms with Crippen molar-refractivity contribution in [3.63, 3.8) is 0 Å². The highest BCUT2D eigenvalue weighted by Crippen LogP contribution is 2.39. The number of hydrogen-bond donors (Lipinski definition) is 0. The number of nitrogens with zero attached hydrogens (tertiary/aromatic N) is 3. The molecule has 3 aromatic carbocycles. The molecule has 3 aromatic rings. The maximum Gasteiger partial charge on any atom is 0.416 e. The molecule has 0 aliphatic heterocycles. The lowest BCUT2D eigenvalue weighted by Crippen LogP contribution is -2.06. The van der Waals surface area contributed by atoms with Crippen molar-refractivity contribution >= 4 is 34.9 Å². The molecular formula is C20H11ClF3N3O5. The van der Waals surface area contributed by atoms with Crippen molar-refractivity contribution in [2.75, 3.05) is 0 Å². The van der Waals surface area contributed by atoms with Gasteiger partial charge in [-0.15, -0.1) is 0 Å². The first-order valence-electron chi connectivity index (χ1n) is 8.66. The van der Waals surface area contributed by atoms with Gasteiger partial charge in [0.2, 0.25) is 5.75 Å². The largest absolute Gasteiger partial charge is 0.449 e. The number of benzene rings is 3. The second-order valence-electron chi connectivity index (χ2n) is 6.26. The van der Waals surface area contributed by atoms with E-state index in [0.717, 1.165) is 6.07 Å². The van der Waals surface area contributed by atoms with Gasteiger partial charge in [0, 0.05) is 24.4 Å². The Morgan fingerprint density at radius 2 is 1.56 bits per heavy atom. The average Bonchev–Trinajstić information content (AvgIpc) is 2.73. The van der Waals surface area contributed by atoms with Crippen LogP contribution in [0.5, 0.6) is 11.5 Å². The van der Waals surface area contributed by atoms with Gasteiger partial charge in [-0.25, -0.2) is 0 Å². The first-order chi connectivity index (χ1) is 15.0. The topological polar surface area (TPSA) is 108 Å². The van der Waals surface area contributed by atoms with Gasteiger partial charge >= 0.3 is 11.9 Å². The van der Waals surface area contributed by atoms with Crippen molar-refractivity contribution in [2.24, 2.45) is 4.99 Å². The zero-order valence-electron chi connectivity index (χ0n) is 15.7. The Balaban J connectivity index is 1.81. The maximum atomic E-state index is 12.8. The lowest BCUT2D eigenvalue weighted by Gasteiger charge is -2.11. The molecule has 12 heteroatoms. The Morgan fingerprint density at radius 1 is 0.906 bits per heavy atom. The lowest BCUT2D eigenvalue weighted by molar-refractivity contribution is -0.385. The van der Waals surface area contributed by atoms with Gasteiger partial charge in [0.1, 0.15) is 5.75 Å². The summed E-state index contributed by atoms with van der Waals surface area (Å²) in [6.07, 6.45) is -3.32. The average molecular weight is 466 g/mol. The smallest absolute Gasteiger partial charge is 0.416 e. The zero-order chi connectivity index (χ0) is 23.5. The van der Waals surface area contributed by atoms with Gasteiger partial charge in [-0.1, -0.05) is 11.6 Å². The molecule has 0 spiro atoms. The van der Waals surface area contributed by atoms with Gasteiger partial charge in [-0.2, -0.15) is 13.2 Å². The number of ether oxygens (including phenoxy) is 1. The van der Waals surface area contributed by atoms with E-state index >= 15 is 0 Å². The molecule has 0 saturated heterocycles. The highest BCUT2D eigenvalue weighted by Gasteiger charge is 2.33. The number of nitro benzene ring substituents is 2. The molecule has 0 unspecified atom stereocenters. The summed E-state index contributed by atoms with van der Waals surface area (Å²) >= 11 is 6.14. The molecule has 3 rings (SSSR count). The summed E-state index contributed by atoms with van der Waals surface area (Å²) in [5, 5.41) is 21.9. The zero-order valence-corrected chi connectivity index (χ0v) is 16.5. The molecule has 0 fully saturated rings. The molecule has 0 saturated carbocycles. The van der Waals surface area contributed by atoms with E-state index in [9.17, 15) is 33.4 Å². The number of alkyl halides is 3. The van der Waals surface area contributed by atoms with Gasteiger partial charge in [0.25, 0.3) is 5.69 Å². The van der Waals surface area contributed by atoms with Crippen LogP contribution < -0.4 is 4.74 Å². The Labute approximate surface area is 182 Å². The molecule has 0 aliphatic rings. The summed E-state index contributed by atoms with van der Waals surface area (Å²) in [5.41, 5.74) is -1.15. The number of aliphatic imine (C=N–C) groups is 1. The first kappa shape index (κ1) is 22.7. The molecule has 0 aromatic heterocycles. The molecule has 0 aliphatic carbocycles. The second kappa shape index (κ2) is 9.02. The van der Waals surface area contributed by atoms with Gasteiger partial charge in [-0.3, -0.25) is 25.2 Å². The number of rotatable bonds is 6. The SMILES string of the molecule is O=[N+]([O-])c1ccc(N=Cc2ccc(Oc3ccc(C(F)(F)F)cc3[N+](=O)[O-])c(Cl)c2)cc1. The van der Waals surface area contributed by atoms with E-state index in [1.807, 2.05) is 0 Å². The van der Waals surface area contributed by atoms with Crippen LogP contribution in [0.2, 0.25) is 5.02 Å². The lowest BCUT2D eigenvalue weighted by atomic mass is 10.2. The fourth-order valence-electron chi connectivity index (χ4n) is 2.53. The highest BCUT2D eigenvalue weighted by atomic mass is 35.5. The normalized spacial score (nSPS) is 11.5. The summed E-state index contributed by atoms with van der Waals surface area (Å²) < 4.78 is 43.8. The minimum Gasteiger partial charge on any atom is -0.449 e. The van der Waals surface area contributed by atoms with E-state index in [2.05, 4.69) is 4.99 Å². The summed E-state index contributed by atoms with van der Waals surface area (Å²) in [7, 11) is 0. The van der Waals surface area contributed by atoms with Crippen molar-refractivity contribution in [3.8, 4) is 11.5 Å². The minimum absolute atomic E-state index is 0.0120. The minimum atomic E-state index is -4.74. The van der Waals surface area contributed by atoms with E-state index in [4.69, 9.17) is 16.3 Å². The van der Waals surface area contributed by atoms with Crippen molar-refractivity contribution in [3.05, 3.63) is 97.0 Å². The van der Waals surface area contributed by atoms with Crippen molar-refractivity contribution in [2.45, 2.75) is 6.18 Å². The van der Waals surface area contributed by atoms with Crippen molar-refractivity contribution in [1.82, 2.24) is 0 Å². The van der Waals surface area contributed by atoms with Crippen LogP contribution >= 0.6 is 11.6 Å². The molecule has 32 heavy (non-hydrogen) atoms. The third-order valence-corrected chi connectivity index (χ3v) is 4.38. The number of non-ortho nitro benzene ring substituents is 1. The number of hydrogen-bond acceptors (Lipinski definition) is 6. The van der Waals surface area contributed by atoms with E-state index in [1.165, 1.54) is 48.7 Å². The maximum absolute atomic E-state index is 12.8. The molecule has 0 atom stereocenters. The third-order valence-electron chi connectivity index (χ3n) is 4.08. The summed E-state index contributed by atoms with van der Waals surface area (Å²) in [6, 6.07) is 11.7. The van der Waals surface area contributed by atoms with Gasteiger partial charge in [0.15, 0.2) is 0 Å². The molecule has 0 bridgehead atoms. The quantitative estimate of drug-likeness (QED) is 0.228. The first-order valence-corrected chi connectivity index (χ1v) is 9.04. The Hall–Kier alpha value is -3.99. The van der Waals surface area contributed by atoms with E-state index in [0.29, 0.717) is 23.4 Å². The van der Waals surface area contributed by atoms with E-state index < -0.39 is 33.0 Å². The van der Waals surface area contributed by atoms with Crippen LogP contribution in [0.3, 0.4) is 0 Å². The second-order valence-corrected chi connectivity index (χ2v) is 6.67. The van der Waals surface area contributed by atoms with Crippen LogP contribution in [0.4, 0.5) is 30.2 Å². The molecule has 8 nitrogen and oxygen atoms in total. The van der Waals surface area contributed by atoms with Crippen molar-refractivity contribution < 1.29 is 27.8 Å². The summed E-state index contributed by atoms with van der Waals surface area (Å²) in [5.74, 6) is -0.417. The van der Waals surface area contributed by atoms with Gasteiger partial charge in [0.05, 0.1) is 26.1 Å². The van der Waals surface area contributed by atoms with Crippen LogP contribution in [-0.4, -0.2) is 16.1 Å². The van der Waals surface area contributed by atoms with Crippen LogP contribution in [0.1, 0.15) is 11.1 Å². The Kier molecular flexibility index (Phi) is 6.40. The molecule has 164 valence electrons. The fourth-order valence-corrected chi connectivity index (χ4v) is 2.76. The van der Waals surface area contributed by atoms with E-state index in [1.54, 1.807) is 0 Å². The number of nitro groups is 2. The van der Waals surface area contributed by atoms with Crippen LogP contribution in [0.25, 0.3) is 0 Å². The molecule has 0 amide bonds. The van der Waals surface area contributed by atoms with Gasteiger partial charge in [-0.05, 0) is 48.0 Å².